The number of aromatic nitrogens is 4. The fraction of sp³-hybridized carbons (Fsp3) is 0.300. The first-order chi connectivity index (χ1) is 7.35. The molecule has 15 heavy (non-hydrogen) atoms. The summed E-state index contributed by atoms with van der Waals surface area (Å²) in [5.74, 6) is 1.22. The van der Waals surface area contributed by atoms with Gasteiger partial charge in [-0.15, -0.1) is 0 Å². The summed E-state index contributed by atoms with van der Waals surface area (Å²) in [5, 5.41) is 8.88. The smallest absolute Gasteiger partial charge is 0.181 e. The van der Waals surface area contributed by atoms with E-state index < -0.39 is 0 Å². The van der Waals surface area contributed by atoms with Gasteiger partial charge in [-0.05, 0) is 18.9 Å². The van der Waals surface area contributed by atoms with Gasteiger partial charge < -0.3 is 10.1 Å². The van der Waals surface area contributed by atoms with E-state index in [1.165, 1.54) is 18.4 Å². The van der Waals surface area contributed by atoms with Gasteiger partial charge >= 0.3 is 0 Å². The predicted molar refractivity (Wildman–Crippen MR) is 54.8 cm³/mol. The Balaban J connectivity index is 2.08. The lowest BCUT2D eigenvalue weighted by atomic mass is 10.5. The summed E-state index contributed by atoms with van der Waals surface area (Å²) in [6.45, 7) is -0.154. The molecule has 5 heteroatoms. The molecule has 2 N–H and O–H groups in total. The molecular formula is C10H10N4O. The highest BCUT2D eigenvalue weighted by Gasteiger charge is 2.12. The molecule has 76 valence electrons. The van der Waals surface area contributed by atoms with Gasteiger partial charge in [0.15, 0.2) is 11.5 Å². The van der Waals surface area contributed by atoms with E-state index >= 15 is 0 Å². The summed E-state index contributed by atoms with van der Waals surface area (Å²) in [6, 6.07) is 0. The van der Waals surface area contributed by atoms with Gasteiger partial charge in [-0.25, -0.2) is 15.0 Å². The van der Waals surface area contributed by atoms with Crippen molar-refractivity contribution in [3.63, 3.8) is 0 Å². The molecule has 1 fully saturated rings. The number of nitrogens with zero attached hydrogens (tertiary/aromatic N) is 3. The van der Waals surface area contributed by atoms with E-state index in [0.717, 1.165) is 11.3 Å². The second kappa shape index (κ2) is 3.13. The maximum atomic E-state index is 8.88. The minimum absolute atomic E-state index is 0.154. The molecular weight excluding hydrogens is 192 g/mol. The number of hydrogen-bond donors (Lipinski definition) is 2. The highest BCUT2D eigenvalue weighted by Crippen LogP contribution is 2.29. The molecule has 0 saturated heterocycles. The Kier molecular flexibility index (Phi) is 1.78. The minimum Gasteiger partial charge on any atom is -0.388 e. The van der Waals surface area contributed by atoms with Gasteiger partial charge in [0, 0.05) is 0 Å². The van der Waals surface area contributed by atoms with Crippen molar-refractivity contribution in [1.29, 1.82) is 0 Å². The number of rotatable bonds is 2. The number of fused-ring (bicyclic) bond motifs is 1. The number of allylic oxidation sites excluding steroid dienone is 1. The van der Waals surface area contributed by atoms with E-state index in [-0.39, 0.29) is 6.61 Å². The molecule has 0 spiro atoms. The second-order valence-corrected chi connectivity index (χ2v) is 3.61. The van der Waals surface area contributed by atoms with Crippen LogP contribution < -0.4 is 0 Å². The molecule has 0 aliphatic heterocycles. The quantitative estimate of drug-likeness (QED) is 0.762. The number of nitrogens with one attached hydrogen (secondary N) is 1. The summed E-state index contributed by atoms with van der Waals surface area (Å²) in [7, 11) is 0. The lowest BCUT2D eigenvalue weighted by Crippen LogP contribution is -1.93. The summed E-state index contributed by atoms with van der Waals surface area (Å²) < 4.78 is 0. The summed E-state index contributed by atoms with van der Waals surface area (Å²) in [4.78, 5) is 15.5. The first-order valence-corrected chi connectivity index (χ1v) is 4.87. The lowest BCUT2D eigenvalue weighted by Gasteiger charge is -1.91. The Morgan fingerprint density at radius 2 is 2.27 bits per heavy atom. The normalized spacial score (nSPS) is 14.6. The van der Waals surface area contributed by atoms with Crippen LogP contribution in [0.1, 0.15) is 24.5 Å². The fourth-order valence-electron chi connectivity index (χ4n) is 1.42. The molecule has 0 radical (unpaired) electrons. The molecule has 1 saturated carbocycles. The van der Waals surface area contributed by atoms with Crippen molar-refractivity contribution >= 4 is 17.2 Å². The summed E-state index contributed by atoms with van der Waals surface area (Å²) in [6.07, 6.45) is 6.03. The van der Waals surface area contributed by atoms with Crippen LogP contribution >= 0.6 is 0 Å². The first kappa shape index (κ1) is 8.55. The highest BCUT2D eigenvalue weighted by atomic mass is 16.3. The number of imidazole rings is 1. The average Bonchev–Trinajstić information content (AvgIpc) is 2.96. The number of aliphatic hydroxyl groups is 1. The fourth-order valence-corrected chi connectivity index (χ4v) is 1.42. The van der Waals surface area contributed by atoms with Gasteiger partial charge in [-0.3, -0.25) is 0 Å². The molecule has 0 unspecified atom stereocenters. The molecule has 5 nitrogen and oxygen atoms in total. The van der Waals surface area contributed by atoms with Crippen molar-refractivity contribution in [3.05, 3.63) is 23.4 Å². The SMILES string of the molecule is OCc1ncc2[nH]c(C=C3CC3)nc2n1. The topological polar surface area (TPSA) is 74.7 Å². The monoisotopic (exact) mass is 202 g/mol. The van der Waals surface area contributed by atoms with Crippen molar-refractivity contribution in [2.45, 2.75) is 19.4 Å². The van der Waals surface area contributed by atoms with Crippen LogP contribution in [0.5, 0.6) is 0 Å². The number of H-pyrrole nitrogens is 1. The molecule has 2 aromatic heterocycles. The standard InChI is InChI=1S/C10H10N4O/c15-5-9-11-4-7-10(14-9)13-8(12-7)3-6-1-2-6/h3-4,15H,1-2,5H2,(H,11,12,13,14). The average molecular weight is 202 g/mol. The van der Waals surface area contributed by atoms with Crippen LogP contribution in [-0.2, 0) is 6.61 Å². The molecule has 1 aliphatic carbocycles. The second-order valence-electron chi connectivity index (χ2n) is 3.61. The Morgan fingerprint density at radius 3 is 3.00 bits per heavy atom. The summed E-state index contributed by atoms with van der Waals surface area (Å²) in [5.41, 5.74) is 2.82. The Morgan fingerprint density at radius 1 is 1.40 bits per heavy atom. The van der Waals surface area contributed by atoms with Gasteiger partial charge in [0.2, 0.25) is 0 Å². The van der Waals surface area contributed by atoms with Crippen LogP contribution in [0.15, 0.2) is 11.8 Å². The van der Waals surface area contributed by atoms with Crippen molar-refractivity contribution in [2.24, 2.45) is 0 Å². The van der Waals surface area contributed by atoms with E-state index in [2.05, 4.69) is 19.9 Å². The minimum atomic E-state index is -0.154. The van der Waals surface area contributed by atoms with Crippen LogP contribution in [0.3, 0.4) is 0 Å². The van der Waals surface area contributed by atoms with E-state index in [1.807, 2.05) is 6.08 Å². The first-order valence-electron chi connectivity index (χ1n) is 4.87. The predicted octanol–water partition coefficient (Wildman–Crippen LogP) is 1.02. The van der Waals surface area contributed by atoms with E-state index in [1.54, 1.807) is 6.20 Å². The third-order valence-electron chi connectivity index (χ3n) is 2.33. The van der Waals surface area contributed by atoms with Crippen molar-refractivity contribution in [2.75, 3.05) is 0 Å². The Labute approximate surface area is 85.9 Å². The Bertz CT molecular complexity index is 537. The van der Waals surface area contributed by atoms with Gasteiger partial charge in [0.1, 0.15) is 17.9 Å². The Hall–Kier alpha value is -1.75. The third kappa shape index (κ3) is 1.61. The van der Waals surface area contributed by atoms with Crippen molar-refractivity contribution in [1.82, 2.24) is 19.9 Å². The van der Waals surface area contributed by atoms with Crippen LogP contribution in [0.2, 0.25) is 0 Å². The number of aromatic amines is 1. The van der Waals surface area contributed by atoms with Gasteiger partial charge in [0.05, 0.1) is 6.20 Å². The molecule has 0 bridgehead atoms. The molecule has 0 amide bonds. The van der Waals surface area contributed by atoms with Crippen LogP contribution in [0, 0.1) is 0 Å². The van der Waals surface area contributed by atoms with Gasteiger partial charge in [0.25, 0.3) is 0 Å². The number of hydrogen-bond acceptors (Lipinski definition) is 4. The van der Waals surface area contributed by atoms with Crippen molar-refractivity contribution in [3.8, 4) is 0 Å². The maximum absolute atomic E-state index is 8.88. The highest BCUT2D eigenvalue weighted by molar-refractivity contribution is 5.72. The van der Waals surface area contributed by atoms with E-state index in [4.69, 9.17) is 5.11 Å². The largest absolute Gasteiger partial charge is 0.388 e. The zero-order valence-electron chi connectivity index (χ0n) is 8.06. The zero-order chi connectivity index (χ0) is 10.3. The van der Waals surface area contributed by atoms with Crippen molar-refractivity contribution < 1.29 is 5.11 Å². The van der Waals surface area contributed by atoms with Gasteiger partial charge in [-0.2, -0.15) is 0 Å². The number of aliphatic hydroxyl groups excluding tert-OH is 1. The van der Waals surface area contributed by atoms with E-state index in [0.29, 0.717) is 11.5 Å². The van der Waals surface area contributed by atoms with Crippen LogP contribution in [0.4, 0.5) is 0 Å². The van der Waals surface area contributed by atoms with Gasteiger partial charge in [-0.1, -0.05) is 5.57 Å². The molecule has 0 atom stereocenters. The van der Waals surface area contributed by atoms with Crippen LogP contribution in [-0.4, -0.2) is 25.0 Å². The third-order valence-corrected chi connectivity index (χ3v) is 2.33. The molecule has 0 aromatic carbocycles. The summed E-state index contributed by atoms with van der Waals surface area (Å²) >= 11 is 0. The molecule has 2 aromatic rings. The van der Waals surface area contributed by atoms with Crippen LogP contribution in [0.25, 0.3) is 17.2 Å². The van der Waals surface area contributed by atoms with E-state index in [9.17, 15) is 0 Å². The lowest BCUT2D eigenvalue weighted by molar-refractivity contribution is 0.272. The molecule has 1 aliphatic rings. The maximum Gasteiger partial charge on any atom is 0.181 e. The zero-order valence-corrected chi connectivity index (χ0v) is 8.06. The molecule has 3 rings (SSSR count). The molecule has 2 heterocycles.